The predicted molar refractivity (Wildman–Crippen MR) is 88.6 cm³/mol. The maximum atomic E-state index is 13.6. The summed E-state index contributed by atoms with van der Waals surface area (Å²) in [6.07, 6.45) is -0.0175. The molecule has 0 aromatic heterocycles. The third kappa shape index (κ3) is 4.48. The number of benzene rings is 2. The van der Waals surface area contributed by atoms with Gasteiger partial charge in [-0.15, -0.1) is 0 Å². The Morgan fingerprint density at radius 3 is 2.22 bits per heavy atom. The van der Waals surface area contributed by atoms with Gasteiger partial charge in [-0.1, -0.05) is 42.5 Å². The van der Waals surface area contributed by atoms with Crippen molar-refractivity contribution in [1.29, 1.82) is 0 Å². The van der Waals surface area contributed by atoms with Crippen molar-refractivity contribution in [2.24, 2.45) is 0 Å². The lowest BCUT2D eigenvalue weighted by molar-refractivity contribution is 0.0992. The van der Waals surface area contributed by atoms with Gasteiger partial charge in [0.15, 0.2) is 15.6 Å². The number of ketones is 1. The fourth-order valence-corrected chi connectivity index (χ4v) is 3.09. The fraction of sp³-hybridized carbons (Fsp3) is 0.278. The SMILES string of the molecule is CC(C)S(=O)(=O)Cc1ccc(C(=O)Cc2ccccc2F)cc1. The third-order valence-corrected chi connectivity index (χ3v) is 5.84. The van der Waals surface area contributed by atoms with Crippen LogP contribution in [0.3, 0.4) is 0 Å². The van der Waals surface area contributed by atoms with Gasteiger partial charge >= 0.3 is 0 Å². The highest BCUT2D eigenvalue weighted by Crippen LogP contribution is 2.15. The Balaban J connectivity index is 2.11. The Kier molecular flexibility index (Phi) is 5.31. The highest BCUT2D eigenvalue weighted by molar-refractivity contribution is 7.91. The molecule has 2 aromatic rings. The molecule has 0 radical (unpaired) electrons. The first-order valence-electron chi connectivity index (χ1n) is 7.36. The molecule has 0 N–H and O–H groups in total. The van der Waals surface area contributed by atoms with Gasteiger partial charge in [0, 0.05) is 12.0 Å². The highest BCUT2D eigenvalue weighted by Gasteiger charge is 2.17. The second-order valence-electron chi connectivity index (χ2n) is 5.74. The predicted octanol–water partition coefficient (Wildman–Crippen LogP) is 3.57. The molecule has 0 aliphatic heterocycles. The number of Topliss-reactive ketones (excluding diaryl/α,β-unsaturated/α-hetero) is 1. The minimum Gasteiger partial charge on any atom is -0.294 e. The van der Waals surface area contributed by atoms with Gasteiger partial charge in [-0.2, -0.15) is 0 Å². The first-order chi connectivity index (χ1) is 10.8. The molecule has 0 aliphatic rings. The van der Waals surface area contributed by atoms with E-state index in [1.54, 1.807) is 56.3 Å². The quantitative estimate of drug-likeness (QED) is 0.759. The third-order valence-electron chi connectivity index (χ3n) is 3.67. The van der Waals surface area contributed by atoms with E-state index in [1.807, 2.05) is 0 Å². The number of hydrogen-bond donors (Lipinski definition) is 0. The maximum absolute atomic E-state index is 13.6. The molecule has 2 rings (SSSR count). The van der Waals surface area contributed by atoms with Crippen LogP contribution in [0.4, 0.5) is 4.39 Å². The zero-order valence-corrected chi connectivity index (χ0v) is 13.9. The lowest BCUT2D eigenvalue weighted by Crippen LogP contribution is -2.16. The summed E-state index contributed by atoms with van der Waals surface area (Å²) in [6, 6.07) is 12.6. The van der Waals surface area contributed by atoms with Crippen molar-refractivity contribution in [1.82, 2.24) is 0 Å². The standard InChI is InChI=1S/C18H19FO3S/c1-13(2)23(21,22)12-14-7-9-15(10-8-14)18(20)11-16-5-3-4-6-17(16)19/h3-10,13H,11-12H2,1-2H3. The van der Waals surface area contributed by atoms with Crippen LogP contribution in [-0.4, -0.2) is 19.5 Å². The van der Waals surface area contributed by atoms with E-state index in [0.717, 1.165) is 0 Å². The highest BCUT2D eigenvalue weighted by atomic mass is 32.2. The molecule has 23 heavy (non-hydrogen) atoms. The van der Waals surface area contributed by atoms with E-state index in [9.17, 15) is 17.6 Å². The summed E-state index contributed by atoms with van der Waals surface area (Å²) < 4.78 is 37.3. The molecule has 0 unspecified atom stereocenters. The van der Waals surface area contributed by atoms with Crippen molar-refractivity contribution < 1.29 is 17.6 Å². The molecule has 0 saturated heterocycles. The van der Waals surface area contributed by atoms with Crippen molar-refractivity contribution in [2.75, 3.05) is 0 Å². The molecule has 0 aliphatic carbocycles. The molecular formula is C18H19FO3S. The van der Waals surface area contributed by atoms with Gasteiger partial charge in [-0.25, -0.2) is 12.8 Å². The van der Waals surface area contributed by atoms with Crippen LogP contribution in [0.2, 0.25) is 0 Å². The lowest BCUT2D eigenvalue weighted by atomic mass is 10.0. The van der Waals surface area contributed by atoms with Crippen LogP contribution in [0.25, 0.3) is 0 Å². The van der Waals surface area contributed by atoms with Crippen LogP contribution in [0.5, 0.6) is 0 Å². The molecule has 0 amide bonds. The fourth-order valence-electron chi connectivity index (χ4n) is 2.10. The molecule has 0 fully saturated rings. The van der Waals surface area contributed by atoms with E-state index in [0.29, 0.717) is 16.7 Å². The lowest BCUT2D eigenvalue weighted by Gasteiger charge is -2.08. The number of carbonyl (C=O) groups is 1. The molecule has 3 nitrogen and oxygen atoms in total. The average Bonchev–Trinajstić information content (AvgIpc) is 2.49. The minimum absolute atomic E-state index is 0.0175. The second-order valence-corrected chi connectivity index (χ2v) is 8.30. The Morgan fingerprint density at radius 1 is 1.04 bits per heavy atom. The molecule has 0 heterocycles. The van der Waals surface area contributed by atoms with Crippen molar-refractivity contribution in [3.8, 4) is 0 Å². The van der Waals surface area contributed by atoms with E-state index in [2.05, 4.69) is 0 Å². The number of rotatable bonds is 6. The van der Waals surface area contributed by atoms with E-state index < -0.39 is 20.9 Å². The molecule has 0 bridgehead atoms. The Labute approximate surface area is 136 Å². The van der Waals surface area contributed by atoms with Gasteiger partial charge in [0.2, 0.25) is 0 Å². The van der Waals surface area contributed by atoms with Gasteiger partial charge in [-0.05, 0) is 31.0 Å². The summed E-state index contributed by atoms with van der Waals surface area (Å²) in [5, 5.41) is -0.440. The number of hydrogen-bond acceptors (Lipinski definition) is 3. The van der Waals surface area contributed by atoms with Crippen molar-refractivity contribution in [3.05, 3.63) is 71.0 Å². The summed E-state index contributed by atoms with van der Waals surface area (Å²) in [7, 11) is -3.17. The van der Waals surface area contributed by atoms with Crippen LogP contribution in [-0.2, 0) is 22.0 Å². The zero-order valence-electron chi connectivity index (χ0n) is 13.1. The van der Waals surface area contributed by atoms with Gasteiger partial charge in [-0.3, -0.25) is 4.79 Å². The maximum Gasteiger partial charge on any atom is 0.167 e. The van der Waals surface area contributed by atoms with Gasteiger partial charge in [0.05, 0.1) is 11.0 Å². The Hall–Kier alpha value is -2.01. The van der Waals surface area contributed by atoms with Gasteiger partial charge in [0.25, 0.3) is 0 Å². The summed E-state index contributed by atoms with van der Waals surface area (Å²) in [5.74, 6) is -0.652. The Bertz CT molecular complexity index is 793. The summed E-state index contributed by atoms with van der Waals surface area (Å²) >= 11 is 0. The topological polar surface area (TPSA) is 51.2 Å². The summed E-state index contributed by atoms with van der Waals surface area (Å²) in [4.78, 5) is 12.2. The molecule has 0 saturated carbocycles. The first kappa shape index (κ1) is 17.3. The number of halogens is 1. The van der Waals surface area contributed by atoms with Crippen molar-refractivity contribution in [3.63, 3.8) is 0 Å². The van der Waals surface area contributed by atoms with Crippen LogP contribution in [0.1, 0.15) is 35.3 Å². The average molecular weight is 334 g/mol. The van der Waals surface area contributed by atoms with Crippen molar-refractivity contribution in [2.45, 2.75) is 31.3 Å². The van der Waals surface area contributed by atoms with Gasteiger partial charge in [0.1, 0.15) is 5.82 Å². The molecule has 2 aromatic carbocycles. The summed E-state index contributed by atoms with van der Waals surface area (Å²) in [6.45, 7) is 3.28. The van der Waals surface area contributed by atoms with Gasteiger partial charge < -0.3 is 0 Å². The summed E-state index contributed by atoms with van der Waals surface area (Å²) in [5.41, 5.74) is 1.43. The van der Waals surface area contributed by atoms with Crippen LogP contribution >= 0.6 is 0 Å². The zero-order chi connectivity index (χ0) is 17.0. The van der Waals surface area contributed by atoms with E-state index in [1.165, 1.54) is 6.07 Å². The van der Waals surface area contributed by atoms with Crippen LogP contribution in [0, 0.1) is 5.82 Å². The van der Waals surface area contributed by atoms with E-state index >= 15 is 0 Å². The van der Waals surface area contributed by atoms with Crippen molar-refractivity contribution >= 4 is 15.6 Å². The second kappa shape index (κ2) is 7.04. The van der Waals surface area contributed by atoms with E-state index in [4.69, 9.17) is 0 Å². The Morgan fingerprint density at radius 2 is 1.65 bits per heavy atom. The van der Waals surface area contributed by atoms with E-state index in [-0.39, 0.29) is 18.0 Å². The van der Waals surface area contributed by atoms with Crippen LogP contribution < -0.4 is 0 Å². The number of carbonyl (C=O) groups excluding carboxylic acids is 1. The molecule has 122 valence electrons. The smallest absolute Gasteiger partial charge is 0.167 e. The molecule has 0 atom stereocenters. The molecule has 0 spiro atoms. The first-order valence-corrected chi connectivity index (χ1v) is 9.08. The largest absolute Gasteiger partial charge is 0.294 e. The minimum atomic E-state index is -3.17. The molecule has 5 heteroatoms. The molecular weight excluding hydrogens is 315 g/mol. The monoisotopic (exact) mass is 334 g/mol. The van der Waals surface area contributed by atoms with Crippen LogP contribution in [0.15, 0.2) is 48.5 Å². The number of sulfone groups is 1. The normalized spacial score (nSPS) is 11.7.